The molecule has 1 saturated carbocycles. The first kappa shape index (κ1) is 15.1. The Morgan fingerprint density at radius 2 is 2.14 bits per heavy atom. The van der Waals surface area contributed by atoms with E-state index in [-0.39, 0.29) is 0 Å². The van der Waals surface area contributed by atoms with Gasteiger partial charge in [-0.2, -0.15) is 0 Å². The molecule has 1 unspecified atom stereocenters. The van der Waals surface area contributed by atoms with Gasteiger partial charge in [0.05, 0.1) is 7.11 Å². The molecule has 116 valence electrons. The van der Waals surface area contributed by atoms with Gasteiger partial charge < -0.3 is 10.1 Å². The Labute approximate surface area is 132 Å². The number of nitrogens with zero attached hydrogens (tertiary/aromatic N) is 1. The lowest BCUT2D eigenvalue weighted by Gasteiger charge is -2.27. The smallest absolute Gasteiger partial charge is 0.124 e. The zero-order valence-electron chi connectivity index (χ0n) is 12.8. The summed E-state index contributed by atoms with van der Waals surface area (Å²) in [5.74, 6) is 1.79. The third-order valence-corrected chi connectivity index (χ3v) is 4.89. The fraction of sp³-hybridized carbons (Fsp3) is 0.647. The van der Waals surface area contributed by atoms with Crippen LogP contribution in [0, 0.1) is 5.92 Å². The van der Waals surface area contributed by atoms with Crippen molar-refractivity contribution in [3.8, 4) is 5.75 Å². The number of ether oxygens (including phenoxy) is 1. The van der Waals surface area contributed by atoms with Crippen LogP contribution in [-0.2, 0) is 6.54 Å². The van der Waals surface area contributed by atoms with Gasteiger partial charge in [-0.05, 0) is 50.3 Å². The minimum Gasteiger partial charge on any atom is -0.496 e. The summed E-state index contributed by atoms with van der Waals surface area (Å²) in [6.45, 7) is 4.35. The van der Waals surface area contributed by atoms with Gasteiger partial charge in [-0.3, -0.25) is 4.90 Å². The molecule has 4 heteroatoms. The lowest BCUT2D eigenvalue weighted by Crippen LogP contribution is -2.38. The van der Waals surface area contributed by atoms with E-state index >= 15 is 0 Å². The van der Waals surface area contributed by atoms with Gasteiger partial charge in [-0.15, -0.1) is 0 Å². The van der Waals surface area contributed by atoms with Crippen molar-refractivity contribution in [1.82, 2.24) is 10.2 Å². The molecule has 1 aromatic rings. The normalized spacial score (nSPS) is 22.0. The largest absolute Gasteiger partial charge is 0.496 e. The number of methoxy groups -OCH3 is 1. The minimum atomic E-state index is 0.636. The maximum absolute atomic E-state index is 6.40. The Morgan fingerprint density at radius 1 is 1.29 bits per heavy atom. The van der Waals surface area contributed by atoms with Crippen LogP contribution in [0.2, 0.25) is 5.02 Å². The summed E-state index contributed by atoms with van der Waals surface area (Å²) in [7, 11) is 1.72. The van der Waals surface area contributed by atoms with E-state index in [1.807, 2.05) is 18.2 Å². The number of benzene rings is 1. The molecule has 1 heterocycles. The highest BCUT2D eigenvalue weighted by atomic mass is 35.5. The standard InChI is InChI=1S/C17H25ClN2O/c1-21-17-6-2-5-16(18)15(17)12-20(10-13-7-8-13)11-14-4-3-9-19-14/h2,5-6,13-14,19H,3-4,7-12H2,1H3. The van der Waals surface area contributed by atoms with E-state index in [4.69, 9.17) is 16.3 Å². The zero-order chi connectivity index (χ0) is 14.7. The summed E-state index contributed by atoms with van der Waals surface area (Å²) in [5.41, 5.74) is 1.13. The summed E-state index contributed by atoms with van der Waals surface area (Å²) in [6.07, 6.45) is 5.36. The van der Waals surface area contributed by atoms with Crippen LogP contribution in [0.3, 0.4) is 0 Å². The van der Waals surface area contributed by atoms with Gasteiger partial charge in [0.2, 0.25) is 0 Å². The minimum absolute atomic E-state index is 0.636. The lowest BCUT2D eigenvalue weighted by molar-refractivity contribution is 0.229. The van der Waals surface area contributed by atoms with Gasteiger partial charge in [-0.25, -0.2) is 0 Å². The van der Waals surface area contributed by atoms with E-state index < -0.39 is 0 Å². The molecule has 0 radical (unpaired) electrons. The van der Waals surface area contributed by atoms with Gasteiger partial charge in [0.1, 0.15) is 5.75 Å². The topological polar surface area (TPSA) is 24.5 Å². The second-order valence-electron chi connectivity index (χ2n) is 6.35. The van der Waals surface area contributed by atoms with Gasteiger partial charge >= 0.3 is 0 Å². The summed E-state index contributed by atoms with van der Waals surface area (Å²) in [4.78, 5) is 2.56. The molecule has 21 heavy (non-hydrogen) atoms. The van der Waals surface area contributed by atoms with Crippen LogP contribution in [0.5, 0.6) is 5.75 Å². The summed E-state index contributed by atoms with van der Waals surface area (Å²) in [5, 5.41) is 4.42. The van der Waals surface area contributed by atoms with Crippen molar-refractivity contribution in [2.75, 3.05) is 26.7 Å². The third kappa shape index (κ3) is 4.12. The number of rotatable bonds is 7. The van der Waals surface area contributed by atoms with Crippen LogP contribution in [-0.4, -0.2) is 37.7 Å². The van der Waals surface area contributed by atoms with Crippen molar-refractivity contribution >= 4 is 11.6 Å². The van der Waals surface area contributed by atoms with E-state index in [1.165, 1.54) is 32.2 Å². The predicted molar refractivity (Wildman–Crippen MR) is 87.0 cm³/mol. The highest BCUT2D eigenvalue weighted by molar-refractivity contribution is 6.31. The Hall–Kier alpha value is -0.770. The van der Waals surface area contributed by atoms with Crippen LogP contribution >= 0.6 is 11.6 Å². The lowest BCUT2D eigenvalue weighted by atomic mass is 10.1. The highest BCUT2D eigenvalue weighted by Gasteiger charge is 2.27. The highest BCUT2D eigenvalue weighted by Crippen LogP contribution is 2.32. The molecule has 1 saturated heterocycles. The van der Waals surface area contributed by atoms with E-state index in [1.54, 1.807) is 7.11 Å². The van der Waals surface area contributed by atoms with Crippen molar-refractivity contribution in [3.63, 3.8) is 0 Å². The van der Waals surface area contributed by atoms with Gasteiger partial charge in [0.15, 0.2) is 0 Å². The number of nitrogens with one attached hydrogen (secondary N) is 1. The van der Waals surface area contributed by atoms with Crippen LogP contribution in [0.4, 0.5) is 0 Å². The average molecular weight is 309 g/mol. The molecule has 3 rings (SSSR count). The molecule has 3 nitrogen and oxygen atoms in total. The van der Waals surface area contributed by atoms with Gasteiger partial charge in [0.25, 0.3) is 0 Å². The molecular weight excluding hydrogens is 284 g/mol. The first-order valence-corrected chi connectivity index (χ1v) is 8.41. The van der Waals surface area contributed by atoms with Crippen LogP contribution in [0.15, 0.2) is 18.2 Å². The summed E-state index contributed by atoms with van der Waals surface area (Å²) in [6, 6.07) is 6.55. The molecule has 1 aliphatic heterocycles. The Bertz CT molecular complexity index is 470. The summed E-state index contributed by atoms with van der Waals surface area (Å²) >= 11 is 6.40. The molecule has 1 aromatic carbocycles. The average Bonchev–Trinajstić information content (AvgIpc) is 3.14. The molecule has 1 N–H and O–H groups in total. The fourth-order valence-corrected chi connectivity index (χ4v) is 3.43. The van der Waals surface area contributed by atoms with E-state index in [0.29, 0.717) is 6.04 Å². The van der Waals surface area contributed by atoms with Gasteiger partial charge in [-0.1, -0.05) is 17.7 Å². The number of halogens is 1. The van der Waals surface area contributed by atoms with Crippen molar-refractivity contribution in [1.29, 1.82) is 0 Å². The van der Waals surface area contributed by atoms with Crippen molar-refractivity contribution < 1.29 is 4.74 Å². The SMILES string of the molecule is COc1cccc(Cl)c1CN(CC1CC1)CC1CCCN1. The van der Waals surface area contributed by atoms with Crippen molar-refractivity contribution in [2.45, 2.75) is 38.3 Å². The van der Waals surface area contributed by atoms with Crippen LogP contribution < -0.4 is 10.1 Å². The molecule has 2 aliphatic rings. The van der Waals surface area contributed by atoms with Crippen LogP contribution in [0.1, 0.15) is 31.2 Å². The number of hydrogen-bond donors (Lipinski definition) is 1. The molecular formula is C17H25ClN2O. The second kappa shape index (κ2) is 6.99. The molecule has 0 bridgehead atoms. The van der Waals surface area contributed by atoms with Gasteiger partial charge in [0, 0.05) is 36.3 Å². The predicted octanol–water partition coefficient (Wildman–Crippen LogP) is 3.31. The molecule has 2 fully saturated rings. The van der Waals surface area contributed by atoms with E-state index in [2.05, 4.69) is 10.2 Å². The first-order chi connectivity index (χ1) is 10.3. The van der Waals surface area contributed by atoms with E-state index in [9.17, 15) is 0 Å². The maximum Gasteiger partial charge on any atom is 0.124 e. The Balaban J connectivity index is 1.70. The quantitative estimate of drug-likeness (QED) is 0.836. The maximum atomic E-state index is 6.40. The van der Waals surface area contributed by atoms with Crippen molar-refractivity contribution in [3.05, 3.63) is 28.8 Å². The third-order valence-electron chi connectivity index (χ3n) is 4.53. The molecule has 0 spiro atoms. The van der Waals surface area contributed by atoms with E-state index in [0.717, 1.165) is 41.9 Å². The second-order valence-corrected chi connectivity index (χ2v) is 6.76. The van der Waals surface area contributed by atoms with Crippen LogP contribution in [0.25, 0.3) is 0 Å². The Morgan fingerprint density at radius 3 is 2.81 bits per heavy atom. The monoisotopic (exact) mass is 308 g/mol. The fourth-order valence-electron chi connectivity index (χ4n) is 3.20. The van der Waals surface area contributed by atoms with Crippen molar-refractivity contribution in [2.24, 2.45) is 5.92 Å². The molecule has 0 aromatic heterocycles. The molecule has 1 atom stereocenters. The Kier molecular flexibility index (Phi) is 5.04. The molecule has 1 aliphatic carbocycles. The number of hydrogen-bond acceptors (Lipinski definition) is 3. The zero-order valence-corrected chi connectivity index (χ0v) is 13.5. The first-order valence-electron chi connectivity index (χ1n) is 8.03. The molecule has 0 amide bonds. The summed E-state index contributed by atoms with van der Waals surface area (Å²) < 4.78 is 5.49.